The van der Waals surface area contributed by atoms with E-state index < -0.39 is 0 Å². The molecule has 1 amide bonds. The minimum atomic E-state index is -0.204. The van der Waals surface area contributed by atoms with Crippen LogP contribution in [0.3, 0.4) is 0 Å². The van der Waals surface area contributed by atoms with E-state index in [0.29, 0.717) is 18.9 Å². The van der Waals surface area contributed by atoms with Gasteiger partial charge >= 0.3 is 5.97 Å². The predicted octanol–water partition coefficient (Wildman–Crippen LogP) is 1.23. The van der Waals surface area contributed by atoms with Gasteiger partial charge < -0.3 is 10.5 Å². The van der Waals surface area contributed by atoms with Crippen molar-refractivity contribution in [1.82, 2.24) is 0 Å². The van der Waals surface area contributed by atoms with Gasteiger partial charge in [0.05, 0.1) is 6.61 Å². The van der Waals surface area contributed by atoms with Crippen LogP contribution in [0.1, 0.15) is 39.0 Å². The fourth-order valence-electron chi connectivity index (χ4n) is 2.11. The molecule has 0 spiro atoms. The Hall–Kier alpha value is -1.06. The third-order valence-corrected chi connectivity index (χ3v) is 3.01. The molecule has 1 rings (SSSR count). The third-order valence-electron chi connectivity index (χ3n) is 3.01. The molecule has 0 aliphatic heterocycles. The monoisotopic (exact) mass is 213 g/mol. The zero-order valence-electron chi connectivity index (χ0n) is 9.20. The lowest BCUT2D eigenvalue weighted by atomic mass is 9.80. The van der Waals surface area contributed by atoms with E-state index in [1.54, 1.807) is 0 Å². The highest BCUT2D eigenvalue weighted by molar-refractivity contribution is 5.76. The smallest absolute Gasteiger partial charge is 0.306 e. The number of amides is 1. The van der Waals surface area contributed by atoms with Crippen molar-refractivity contribution in [2.75, 3.05) is 6.61 Å². The summed E-state index contributed by atoms with van der Waals surface area (Å²) >= 11 is 0. The minimum absolute atomic E-state index is 0.0171. The van der Waals surface area contributed by atoms with Crippen LogP contribution in [0.2, 0.25) is 0 Å². The van der Waals surface area contributed by atoms with Crippen LogP contribution >= 0.6 is 0 Å². The average molecular weight is 213 g/mol. The molecule has 15 heavy (non-hydrogen) atoms. The number of hydrogen-bond acceptors (Lipinski definition) is 3. The quantitative estimate of drug-likeness (QED) is 0.714. The van der Waals surface area contributed by atoms with Crippen molar-refractivity contribution in [2.24, 2.45) is 17.6 Å². The standard InChI is InChI=1S/C11H19NO3/c1-2-15-10(13)7-8-3-5-9(6-4-8)11(12)14/h8-9H,2-7H2,1H3,(H2,12,14). The van der Waals surface area contributed by atoms with E-state index in [1.807, 2.05) is 6.92 Å². The van der Waals surface area contributed by atoms with E-state index in [-0.39, 0.29) is 17.8 Å². The van der Waals surface area contributed by atoms with Crippen LogP contribution in [-0.2, 0) is 14.3 Å². The summed E-state index contributed by atoms with van der Waals surface area (Å²) in [5.74, 6) is 0.0627. The molecule has 0 aromatic carbocycles. The summed E-state index contributed by atoms with van der Waals surface area (Å²) < 4.78 is 4.89. The molecule has 0 bridgehead atoms. The summed E-state index contributed by atoms with van der Waals surface area (Å²) in [7, 11) is 0. The molecule has 0 radical (unpaired) electrons. The second-order valence-corrected chi connectivity index (χ2v) is 4.13. The third kappa shape index (κ3) is 3.90. The number of carbonyl (C=O) groups is 2. The Morgan fingerprint density at radius 1 is 1.27 bits per heavy atom. The SMILES string of the molecule is CCOC(=O)CC1CCC(C(N)=O)CC1. The molecule has 0 heterocycles. The van der Waals surface area contributed by atoms with Gasteiger partial charge in [-0.15, -0.1) is 0 Å². The second-order valence-electron chi connectivity index (χ2n) is 4.13. The van der Waals surface area contributed by atoms with Gasteiger partial charge in [0.15, 0.2) is 0 Å². The number of ether oxygens (including phenoxy) is 1. The Morgan fingerprint density at radius 2 is 1.87 bits per heavy atom. The lowest BCUT2D eigenvalue weighted by Gasteiger charge is -2.25. The van der Waals surface area contributed by atoms with Crippen molar-refractivity contribution in [3.05, 3.63) is 0 Å². The van der Waals surface area contributed by atoms with E-state index in [0.717, 1.165) is 25.7 Å². The van der Waals surface area contributed by atoms with Gasteiger partial charge in [-0.3, -0.25) is 9.59 Å². The summed E-state index contributed by atoms with van der Waals surface area (Å²) in [5.41, 5.74) is 5.23. The average Bonchev–Trinajstić information content (AvgIpc) is 2.18. The van der Waals surface area contributed by atoms with Crippen molar-refractivity contribution >= 4 is 11.9 Å². The molecule has 0 unspecified atom stereocenters. The van der Waals surface area contributed by atoms with E-state index in [2.05, 4.69) is 0 Å². The maximum atomic E-state index is 11.2. The van der Waals surface area contributed by atoms with Crippen LogP contribution in [0.15, 0.2) is 0 Å². The lowest BCUT2D eigenvalue weighted by molar-refractivity contribution is -0.144. The maximum absolute atomic E-state index is 11.2. The molecule has 0 aromatic rings. The van der Waals surface area contributed by atoms with Crippen LogP contribution in [-0.4, -0.2) is 18.5 Å². The fourth-order valence-corrected chi connectivity index (χ4v) is 2.11. The van der Waals surface area contributed by atoms with Crippen LogP contribution < -0.4 is 5.73 Å². The Balaban J connectivity index is 2.25. The summed E-state index contributed by atoms with van der Waals surface area (Å²) in [6.07, 6.45) is 3.94. The first-order valence-corrected chi connectivity index (χ1v) is 5.58. The summed E-state index contributed by atoms with van der Waals surface area (Å²) in [6.45, 7) is 2.25. The Kier molecular flexibility index (Phi) is 4.59. The molecule has 1 aliphatic carbocycles. The molecule has 0 saturated heterocycles. The first kappa shape index (κ1) is 12.0. The topological polar surface area (TPSA) is 69.4 Å². The molecule has 4 heteroatoms. The molecular formula is C11H19NO3. The van der Waals surface area contributed by atoms with Crippen molar-refractivity contribution < 1.29 is 14.3 Å². The van der Waals surface area contributed by atoms with Crippen LogP contribution in [0.25, 0.3) is 0 Å². The van der Waals surface area contributed by atoms with E-state index in [9.17, 15) is 9.59 Å². The highest BCUT2D eigenvalue weighted by atomic mass is 16.5. The van der Waals surface area contributed by atoms with Gasteiger partial charge in [0.1, 0.15) is 0 Å². The molecule has 4 nitrogen and oxygen atoms in total. The number of rotatable bonds is 4. The Bertz CT molecular complexity index is 232. The number of nitrogens with two attached hydrogens (primary N) is 1. The first-order valence-electron chi connectivity index (χ1n) is 5.58. The molecule has 1 aliphatic rings. The second kappa shape index (κ2) is 5.73. The van der Waals surface area contributed by atoms with Crippen molar-refractivity contribution in [3.63, 3.8) is 0 Å². The summed E-state index contributed by atoms with van der Waals surface area (Å²) in [4.78, 5) is 22.1. The molecular weight excluding hydrogens is 194 g/mol. The van der Waals surface area contributed by atoms with Crippen LogP contribution in [0.4, 0.5) is 0 Å². The van der Waals surface area contributed by atoms with Crippen molar-refractivity contribution in [1.29, 1.82) is 0 Å². The molecule has 1 fully saturated rings. The molecule has 0 aromatic heterocycles. The largest absolute Gasteiger partial charge is 0.466 e. The number of primary amides is 1. The lowest BCUT2D eigenvalue weighted by Crippen LogP contribution is -2.28. The van der Waals surface area contributed by atoms with Crippen molar-refractivity contribution in [3.8, 4) is 0 Å². The van der Waals surface area contributed by atoms with E-state index in [4.69, 9.17) is 10.5 Å². The Morgan fingerprint density at radius 3 is 2.33 bits per heavy atom. The maximum Gasteiger partial charge on any atom is 0.306 e. The fraction of sp³-hybridized carbons (Fsp3) is 0.818. The first-order chi connectivity index (χ1) is 7.13. The van der Waals surface area contributed by atoms with Gasteiger partial charge in [0, 0.05) is 12.3 Å². The normalized spacial score (nSPS) is 25.9. The highest BCUT2D eigenvalue weighted by Gasteiger charge is 2.26. The van der Waals surface area contributed by atoms with Gasteiger partial charge in [-0.25, -0.2) is 0 Å². The summed E-state index contributed by atoms with van der Waals surface area (Å²) in [6, 6.07) is 0. The number of carbonyl (C=O) groups excluding carboxylic acids is 2. The van der Waals surface area contributed by atoms with Gasteiger partial charge in [-0.05, 0) is 38.5 Å². The van der Waals surface area contributed by atoms with Gasteiger partial charge in [-0.1, -0.05) is 0 Å². The number of hydrogen-bond donors (Lipinski definition) is 1. The van der Waals surface area contributed by atoms with E-state index >= 15 is 0 Å². The summed E-state index contributed by atoms with van der Waals surface area (Å²) in [5, 5.41) is 0. The zero-order valence-corrected chi connectivity index (χ0v) is 9.20. The molecule has 1 saturated carbocycles. The van der Waals surface area contributed by atoms with Gasteiger partial charge in [0.25, 0.3) is 0 Å². The number of esters is 1. The van der Waals surface area contributed by atoms with Gasteiger partial charge in [0.2, 0.25) is 5.91 Å². The molecule has 86 valence electrons. The van der Waals surface area contributed by atoms with Crippen LogP contribution in [0.5, 0.6) is 0 Å². The minimum Gasteiger partial charge on any atom is -0.466 e. The predicted molar refractivity (Wildman–Crippen MR) is 55.9 cm³/mol. The highest BCUT2D eigenvalue weighted by Crippen LogP contribution is 2.30. The van der Waals surface area contributed by atoms with Crippen molar-refractivity contribution in [2.45, 2.75) is 39.0 Å². The van der Waals surface area contributed by atoms with E-state index in [1.165, 1.54) is 0 Å². The molecule has 2 N–H and O–H groups in total. The van der Waals surface area contributed by atoms with Crippen LogP contribution in [0, 0.1) is 11.8 Å². The molecule has 0 atom stereocenters. The Labute approximate surface area is 90.2 Å². The van der Waals surface area contributed by atoms with Gasteiger partial charge in [-0.2, -0.15) is 0 Å². The zero-order chi connectivity index (χ0) is 11.3.